The average Bonchev–Trinajstić information content (AvgIpc) is 3.05. The van der Waals surface area contributed by atoms with Crippen molar-refractivity contribution in [1.29, 1.82) is 0 Å². The Balaban J connectivity index is 1.90. The highest BCUT2D eigenvalue weighted by Gasteiger charge is 2.06. The molecule has 22 heavy (non-hydrogen) atoms. The zero-order valence-corrected chi connectivity index (χ0v) is 12.2. The van der Waals surface area contributed by atoms with Crippen LogP contribution in [0.4, 0.5) is 5.69 Å². The minimum absolute atomic E-state index is 0.280. The lowest BCUT2D eigenvalue weighted by atomic mass is 10.2. The van der Waals surface area contributed by atoms with E-state index in [0.717, 1.165) is 6.42 Å². The van der Waals surface area contributed by atoms with Crippen LogP contribution in [-0.4, -0.2) is 18.5 Å². The van der Waals surface area contributed by atoms with Gasteiger partial charge in [-0.1, -0.05) is 6.92 Å². The number of hydrogen-bond donors (Lipinski definition) is 1. The van der Waals surface area contributed by atoms with E-state index < -0.39 is 0 Å². The monoisotopic (exact) mass is 299 g/mol. The number of furan rings is 1. The van der Waals surface area contributed by atoms with Crippen molar-refractivity contribution in [3.05, 3.63) is 60.1 Å². The van der Waals surface area contributed by atoms with E-state index in [1.807, 2.05) is 6.92 Å². The summed E-state index contributed by atoms with van der Waals surface area (Å²) in [6.07, 6.45) is 5.27. The molecule has 0 bridgehead atoms. The molecule has 0 radical (unpaired) electrons. The van der Waals surface area contributed by atoms with E-state index >= 15 is 0 Å². The van der Waals surface area contributed by atoms with E-state index in [4.69, 9.17) is 9.15 Å². The van der Waals surface area contributed by atoms with Gasteiger partial charge in [0.05, 0.1) is 18.4 Å². The fraction of sp³-hybridized carbons (Fsp3) is 0.176. The van der Waals surface area contributed by atoms with Crippen LogP contribution < -0.4 is 5.32 Å². The van der Waals surface area contributed by atoms with Crippen LogP contribution in [0.3, 0.4) is 0 Å². The van der Waals surface area contributed by atoms with Gasteiger partial charge in [-0.3, -0.25) is 4.79 Å². The maximum atomic E-state index is 11.7. The zero-order chi connectivity index (χ0) is 15.8. The lowest BCUT2D eigenvalue weighted by molar-refractivity contribution is -0.111. The molecule has 1 amide bonds. The molecule has 0 saturated carbocycles. The quantitative estimate of drug-likeness (QED) is 0.654. The molecule has 0 saturated heterocycles. The molecule has 0 atom stereocenters. The first kappa shape index (κ1) is 15.6. The van der Waals surface area contributed by atoms with Crippen molar-refractivity contribution in [3.8, 4) is 0 Å². The molecule has 5 nitrogen and oxygen atoms in total. The van der Waals surface area contributed by atoms with Gasteiger partial charge in [-0.2, -0.15) is 0 Å². The summed E-state index contributed by atoms with van der Waals surface area (Å²) in [5, 5.41) is 2.69. The molecule has 0 aliphatic heterocycles. The molecule has 0 fully saturated rings. The number of ether oxygens (including phenoxy) is 1. The second-order valence-electron chi connectivity index (χ2n) is 4.55. The fourth-order valence-corrected chi connectivity index (χ4v) is 1.70. The number of anilines is 1. The Hall–Kier alpha value is -2.82. The largest absolute Gasteiger partial charge is 0.465 e. The Labute approximate surface area is 128 Å². The summed E-state index contributed by atoms with van der Waals surface area (Å²) < 4.78 is 10.1. The van der Waals surface area contributed by atoms with Crippen LogP contribution in [0.5, 0.6) is 0 Å². The van der Waals surface area contributed by atoms with Crippen LogP contribution in [0.2, 0.25) is 0 Å². The van der Waals surface area contributed by atoms with Crippen molar-refractivity contribution in [2.75, 3.05) is 11.9 Å². The molecule has 0 aliphatic carbocycles. The molecule has 1 heterocycles. The van der Waals surface area contributed by atoms with Gasteiger partial charge < -0.3 is 14.5 Å². The fourth-order valence-electron chi connectivity index (χ4n) is 1.70. The van der Waals surface area contributed by atoms with Crippen LogP contribution in [0, 0.1) is 0 Å². The number of hydrogen-bond acceptors (Lipinski definition) is 4. The molecule has 1 N–H and O–H groups in total. The van der Waals surface area contributed by atoms with E-state index in [2.05, 4.69) is 5.32 Å². The van der Waals surface area contributed by atoms with Crippen molar-refractivity contribution in [2.45, 2.75) is 13.3 Å². The van der Waals surface area contributed by atoms with Gasteiger partial charge in [0.1, 0.15) is 5.76 Å². The topological polar surface area (TPSA) is 68.5 Å². The molecule has 0 aliphatic rings. The van der Waals surface area contributed by atoms with Crippen LogP contribution >= 0.6 is 0 Å². The van der Waals surface area contributed by atoms with Gasteiger partial charge in [0.2, 0.25) is 5.91 Å². The van der Waals surface area contributed by atoms with Crippen LogP contribution in [0.1, 0.15) is 29.5 Å². The molecule has 2 rings (SSSR count). The highest BCUT2D eigenvalue weighted by molar-refractivity contribution is 6.02. The van der Waals surface area contributed by atoms with Gasteiger partial charge in [0.15, 0.2) is 0 Å². The summed E-state index contributed by atoms with van der Waals surface area (Å²) in [6, 6.07) is 10.0. The Morgan fingerprint density at radius 2 is 2.00 bits per heavy atom. The standard InChI is InChI=1S/C17H17NO4/c1-2-11-22-17(20)13-5-7-14(8-6-13)18-16(19)10-9-15-4-3-12-21-15/h3-10,12H,2,11H2,1H3,(H,18,19). The third kappa shape index (κ3) is 4.63. The number of carbonyl (C=O) groups excluding carboxylic acids is 2. The first-order valence-electron chi connectivity index (χ1n) is 6.99. The summed E-state index contributed by atoms with van der Waals surface area (Å²) in [7, 11) is 0. The highest BCUT2D eigenvalue weighted by atomic mass is 16.5. The molecular weight excluding hydrogens is 282 g/mol. The molecule has 2 aromatic rings. The Bertz CT molecular complexity index is 642. The molecular formula is C17H17NO4. The van der Waals surface area contributed by atoms with Crippen LogP contribution in [0.25, 0.3) is 6.08 Å². The van der Waals surface area contributed by atoms with Gasteiger partial charge in [-0.05, 0) is 48.9 Å². The molecule has 0 spiro atoms. The molecule has 5 heteroatoms. The van der Waals surface area contributed by atoms with E-state index in [0.29, 0.717) is 23.6 Å². The van der Waals surface area contributed by atoms with E-state index in [1.165, 1.54) is 12.3 Å². The Morgan fingerprint density at radius 1 is 1.23 bits per heavy atom. The third-order valence-corrected chi connectivity index (χ3v) is 2.77. The van der Waals surface area contributed by atoms with Gasteiger partial charge in [-0.25, -0.2) is 4.79 Å². The Morgan fingerprint density at radius 3 is 2.64 bits per heavy atom. The summed E-state index contributed by atoms with van der Waals surface area (Å²) in [4.78, 5) is 23.4. The first-order valence-corrected chi connectivity index (χ1v) is 6.99. The van der Waals surface area contributed by atoms with E-state index in [-0.39, 0.29) is 11.9 Å². The van der Waals surface area contributed by atoms with Crippen molar-refractivity contribution in [1.82, 2.24) is 0 Å². The van der Waals surface area contributed by atoms with Crippen molar-refractivity contribution in [3.63, 3.8) is 0 Å². The van der Waals surface area contributed by atoms with Gasteiger partial charge in [0.25, 0.3) is 0 Å². The van der Waals surface area contributed by atoms with Crippen LogP contribution in [0.15, 0.2) is 53.2 Å². The maximum absolute atomic E-state index is 11.7. The lowest BCUT2D eigenvalue weighted by Crippen LogP contribution is -2.09. The number of nitrogens with one attached hydrogen (secondary N) is 1. The summed E-state index contributed by atoms with van der Waals surface area (Å²) in [5.74, 6) is -0.0423. The predicted octanol–water partition coefficient (Wildman–Crippen LogP) is 3.50. The molecule has 0 unspecified atom stereocenters. The minimum atomic E-state index is -0.363. The lowest BCUT2D eigenvalue weighted by Gasteiger charge is -2.05. The number of amides is 1. The second-order valence-corrected chi connectivity index (χ2v) is 4.55. The normalized spacial score (nSPS) is 10.6. The summed E-state index contributed by atoms with van der Waals surface area (Å²) in [5.41, 5.74) is 1.05. The van der Waals surface area contributed by atoms with Crippen molar-refractivity contribution >= 4 is 23.6 Å². The Kier molecular flexibility index (Phi) is 5.54. The molecule has 114 valence electrons. The van der Waals surface area contributed by atoms with Crippen molar-refractivity contribution in [2.24, 2.45) is 0 Å². The SMILES string of the molecule is CCCOC(=O)c1ccc(NC(=O)C=Cc2ccco2)cc1. The van der Waals surface area contributed by atoms with E-state index in [9.17, 15) is 9.59 Å². The second kappa shape index (κ2) is 7.83. The van der Waals surface area contributed by atoms with Crippen LogP contribution in [-0.2, 0) is 9.53 Å². The predicted molar refractivity (Wildman–Crippen MR) is 83.4 cm³/mol. The van der Waals surface area contributed by atoms with Gasteiger partial charge in [0, 0.05) is 11.8 Å². The van der Waals surface area contributed by atoms with E-state index in [1.54, 1.807) is 42.5 Å². The summed E-state index contributed by atoms with van der Waals surface area (Å²) >= 11 is 0. The number of carbonyl (C=O) groups is 2. The molecule has 1 aromatic heterocycles. The number of esters is 1. The summed E-state index contributed by atoms with van der Waals surface area (Å²) in [6.45, 7) is 2.33. The average molecular weight is 299 g/mol. The van der Waals surface area contributed by atoms with Gasteiger partial charge in [-0.15, -0.1) is 0 Å². The highest BCUT2D eigenvalue weighted by Crippen LogP contribution is 2.11. The van der Waals surface area contributed by atoms with Gasteiger partial charge >= 0.3 is 5.97 Å². The minimum Gasteiger partial charge on any atom is -0.465 e. The number of benzene rings is 1. The third-order valence-electron chi connectivity index (χ3n) is 2.77. The first-order chi connectivity index (χ1) is 10.7. The smallest absolute Gasteiger partial charge is 0.338 e. The zero-order valence-electron chi connectivity index (χ0n) is 12.2. The maximum Gasteiger partial charge on any atom is 0.338 e. The van der Waals surface area contributed by atoms with Crippen molar-refractivity contribution < 1.29 is 18.7 Å². The molecule has 1 aromatic carbocycles. The number of rotatable bonds is 6.